The summed E-state index contributed by atoms with van der Waals surface area (Å²) in [7, 11) is 0. The van der Waals surface area contributed by atoms with Crippen molar-refractivity contribution in [1.29, 1.82) is 0 Å². The van der Waals surface area contributed by atoms with Crippen LogP contribution in [0.2, 0.25) is 0 Å². The SMILES string of the molecule is O=C(CCC(=O)N1CCCC(Cc2nc(C3CCOCC3)no2)C1)Nc1ccc(CN2CCCC2)cc1. The quantitative estimate of drug-likeness (QED) is 0.549. The summed E-state index contributed by atoms with van der Waals surface area (Å²) in [4.78, 5) is 34.3. The molecule has 200 valence electrons. The Morgan fingerprint density at radius 2 is 1.76 bits per heavy atom. The van der Waals surface area contributed by atoms with Crippen molar-refractivity contribution >= 4 is 17.5 Å². The number of nitrogens with zero attached hydrogens (tertiary/aromatic N) is 4. The first-order valence-electron chi connectivity index (χ1n) is 13.9. The number of nitrogens with one attached hydrogen (secondary N) is 1. The molecule has 5 rings (SSSR count). The van der Waals surface area contributed by atoms with Gasteiger partial charge < -0.3 is 19.5 Å². The van der Waals surface area contributed by atoms with Crippen LogP contribution in [0.5, 0.6) is 0 Å². The monoisotopic (exact) mass is 509 g/mol. The molecule has 0 radical (unpaired) electrons. The van der Waals surface area contributed by atoms with Gasteiger partial charge in [-0.25, -0.2) is 0 Å². The van der Waals surface area contributed by atoms with Crippen molar-refractivity contribution in [3.05, 3.63) is 41.5 Å². The molecule has 9 nitrogen and oxygen atoms in total. The van der Waals surface area contributed by atoms with E-state index in [-0.39, 0.29) is 24.7 Å². The summed E-state index contributed by atoms with van der Waals surface area (Å²) >= 11 is 0. The molecule has 1 aromatic heterocycles. The minimum absolute atomic E-state index is 0.0363. The fourth-order valence-corrected chi connectivity index (χ4v) is 5.67. The summed E-state index contributed by atoms with van der Waals surface area (Å²) in [5.41, 5.74) is 2.04. The van der Waals surface area contributed by atoms with E-state index in [1.807, 2.05) is 17.0 Å². The van der Waals surface area contributed by atoms with E-state index in [2.05, 4.69) is 32.5 Å². The Kier molecular flexibility index (Phi) is 8.84. The van der Waals surface area contributed by atoms with Crippen LogP contribution in [0.4, 0.5) is 5.69 Å². The summed E-state index contributed by atoms with van der Waals surface area (Å²) in [6, 6.07) is 8.04. The number of rotatable bonds is 9. The Labute approximate surface area is 218 Å². The first-order valence-corrected chi connectivity index (χ1v) is 13.9. The molecule has 3 fully saturated rings. The normalized spacial score (nSPS) is 21.3. The number of ether oxygens (including phenoxy) is 1. The van der Waals surface area contributed by atoms with Crippen molar-refractivity contribution in [2.24, 2.45) is 5.92 Å². The zero-order valence-electron chi connectivity index (χ0n) is 21.7. The number of piperidine rings is 1. The number of aromatic nitrogens is 2. The number of carbonyl (C=O) groups is 2. The van der Waals surface area contributed by atoms with Gasteiger partial charge in [-0.05, 0) is 75.2 Å². The van der Waals surface area contributed by atoms with Gasteiger partial charge in [-0.3, -0.25) is 14.5 Å². The van der Waals surface area contributed by atoms with Crippen LogP contribution >= 0.6 is 0 Å². The van der Waals surface area contributed by atoms with E-state index in [4.69, 9.17) is 9.26 Å². The van der Waals surface area contributed by atoms with E-state index in [1.165, 1.54) is 31.5 Å². The van der Waals surface area contributed by atoms with Crippen LogP contribution in [0.25, 0.3) is 0 Å². The van der Waals surface area contributed by atoms with E-state index in [0.717, 1.165) is 63.5 Å². The molecule has 3 saturated heterocycles. The van der Waals surface area contributed by atoms with Crippen molar-refractivity contribution in [1.82, 2.24) is 19.9 Å². The van der Waals surface area contributed by atoms with Crippen molar-refractivity contribution < 1.29 is 18.8 Å². The van der Waals surface area contributed by atoms with Gasteiger partial charge in [-0.2, -0.15) is 4.98 Å². The summed E-state index contributed by atoms with van der Waals surface area (Å²) in [6.07, 6.45) is 7.51. The first kappa shape index (κ1) is 25.9. The molecular weight excluding hydrogens is 470 g/mol. The van der Waals surface area contributed by atoms with Crippen LogP contribution in [0.15, 0.2) is 28.8 Å². The Morgan fingerprint density at radius 1 is 0.973 bits per heavy atom. The largest absolute Gasteiger partial charge is 0.381 e. The summed E-state index contributed by atoms with van der Waals surface area (Å²) in [5.74, 6) is 1.97. The Hall–Kier alpha value is -2.78. The predicted molar refractivity (Wildman–Crippen MR) is 139 cm³/mol. The third-order valence-corrected chi connectivity index (χ3v) is 7.81. The first-order chi connectivity index (χ1) is 18.1. The molecule has 2 aromatic rings. The lowest BCUT2D eigenvalue weighted by atomic mass is 9.94. The van der Waals surface area contributed by atoms with Gasteiger partial charge in [0.25, 0.3) is 0 Å². The molecule has 37 heavy (non-hydrogen) atoms. The summed E-state index contributed by atoms with van der Waals surface area (Å²) in [5, 5.41) is 7.13. The third kappa shape index (κ3) is 7.38. The van der Waals surface area contributed by atoms with Crippen LogP contribution in [-0.4, -0.2) is 71.1 Å². The van der Waals surface area contributed by atoms with Gasteiger partial charge in [0.2, 0.25) is 17.7 Å². The second-order valence-electron chi connectivity index (χ2n) is 10.7. The lowest BCUT2D eigenvalue weighted by molar-refractivity contribution is -0.134. The Bertz CT molecular complexity index is 1030. The van der Waals surface area contributed by atoms with Gasteiger partial charge in [-0.15, -0.1) is 0 Å². The highest BCUT2D eigenvalue weighted by Gasteiger charge is 2.27. The minimum Gasteiger partial charge on any atom is -0.381 e. The van der Waals surface area contributed by atoms with Gasteiger partial charge in [0.05, 0.1) is 0 Å². The number of hydrogen-bond donors (Lipinski definition) is 1. The van der Waals surface area contributed by atoms with Crippen LogP contribution < -0.4 is 5.32 Å². The molecule has 1 unspecified atom stereocenters. The zero-order chi connectivity index (χ0) is 25.5. The maximum Gasteiger partial charge on any atom is 0.226 e. The van der Waals surface area contributed by atoms with Crippen LogP contribution in [0.1, 0.15) is 74.6 Å². The molecule has 4 heterocycles. The standard InChI is InChI=1S/C28H39N5O4/c34-25(29-24-7-5-21(6-8-24)19-32-13-1-2-14-32)9-10-27(35)33-15-3-4-22(20-33)18-26-30-28(31-37-26)23-11-16-36-17-12-23/h5-8,22-23H,1-4,9-20H2,(H,29,34). The molecule has 1 atom stereocenters. The fourth-order valence-electron chi connectivity index (χ4n) is 5.67. The van der Waals surface area contributed by atoms with E-state index in [0.29, 0.717) is 30.7 Å². The average Bonchev–Trinajstić information content (AvgIpc) is 3.62. The number of hydrogen-bond acceptors (Lipinski definition) is 7. The van der Waals surface area contributed by atoms with Gasteiger partial charge in [0.1, 0.15) is 0 Å². The lowest BCUT2D eigenvalue weighted by Gasteiger charge is -2.32. The highest BCUT2D eigenvalue weighted by atomic mass is 16.5. The topological polar surface area (TPSA) is 101 Å². The molecule has 0 aliphatic carbocycles. The molecule has 2 amide bonds. The van der Waals surface area contributed by atoms with Gasteiger partial charge in [-0.1, -0.05) is 17.3 Å². The molecule has 0 saturated carbocycles. The van der Waals surface area contributed by atoms with Crippen LogP contribution in [-0.2, 0) is 27.3 Å². The average molecular weight is 510 g/mol. The second kappa shape index (κ2) is 12.6. The van der Waals surface area contributed by atoms with Gasteiger partial charge in [0.15, 0.2) is 5.82 Å². The molecule has 1 N–H and O–H groups in total. The molecule has 9 heteroatoms. The predicted octanol–water partition coefficient (Wildman–Crippen LogP) is 3.76. The van der Waals surface area contributed by atoms with Gasteiger partial charge >= 0.3 is 0 Å². The molecule has 1 aromatic carbocycles. The Balaban J connectivity index is 1.03. The van der Waals surface area contributed by atoms with E-state index >= 15 is 0 Å². The van der Waals surface area contributed by atoms with Crippen molar-refractivity contribution in [3.8, 4) is 0 Å². The zero-order valence-corrected chi connectivity index (χ0v) is 21.7. The number of carbonyl (C=O) groups excluding carboxylic acids is 2. The fraction of sp³-hybridized carbons (Fsp3) is 0.643. The summed E-state index contributed by atoms with van der Waals surface area (Å²) in [6.45, 7) is 6.20. The minimum atomic E-state index is -0.124. The van der Waals surface area contributed by atoms with Gasteiger partial charge in [0, 0.05) is 63.7 Å². The van der Waals surface area contributed by atoms with E-state index < -0.39 is 0 Å². The van der Waals surface area contributed by atoms with Crippen molar-refractivity contribution in [2.45, 2.75) is 70.3 Å². The molecule has 0 bridgehead atoms. The molecule has 3 aliphatic rings. The number of anilines is 1. The van der Waals surface area contributed by atoms with Crippen molar-refractivity contribution in [3.63, 3.8) is 0 Å². The Morgan fingerprint density at radius 3 is 2.54 bits per heavy atom. The van der Waals surface area contributed by atoms with Crippen LogP contribution in [0.3, 0.4) is 0 Å². The maximum atomic E-state index is 12.9. The maximum absolute atomic E-state index is 12.9. The molecule has 3 aliphatic heterocycles. The lowest BCUT2D eigenvalue weighted by Crippen LogP contribution is -2.40. The number of benzene rings is 1. The third-order valence-electron chi connectivity index (χ3n) is 7.81. The van der Waals surface area contributed by atoms with E-state index in [9.17, 15) is 9.59 Å². The second-order valence-corrected chi connectivity index (χ2v) is 10.7. The number of amides is 2. The van der Waals surface area contributed by atoms with Crippen molar-refractivity contribution in [2.75, 3.05) is 44.7 Å². The smallest absolute Gasteiger partial charge is 0.226 e. The number of likely N-dealkylation sites (tertiary alicyclic amines) is 2. The van der Waals surface area contributed by atoms with E-state index in [1.54, 1.807) is 0 Å². The molecular formula is C28H39N5O4. The summed E-state index contributed by atoms with van der Waals surface area (Å²) < 4.78 is 11.0. The highest BCUT2D eigenvalue weighted by Crippen LogP contribution is 2.26. The highest BCUT2D eigenvalue weighted by molar-refractivity contribution is 5.93. The molecule has 0 spiro atoms. The van der Waals surface area contributed by atoms with Crippen LogP contribution in [0, 0.1) is 5.92 Å².